The third-order valence-electron chi connectivity index (χ3n) is 9.76. The number of carbonyl (C=O) groups is 2. The van der Waals surface area contributed by atoms with Crippen LogP contribution >= 0.6 is 0 Å². The molecule has 1 unspecified atom stereocenters. The summed E-state index contributed by atoms with van der Waals surface area (Å²) in [6.07, 6.45) is 10.9. The Morgan fingerprint density at radius 1 is 0.930 bits per heavy atom. The molecule has 3 aliphatic rings. The highest BCUT2D eigenvalue weighted by Gasteiger charge is 2.59. The molecule has 1 aliphatic heterocycles. The van der Waals surface area contributed by atoms with Crippen LogP contribution in [0.1, 0.15) is 94.1 Å². The van der Waals surface area contributed by atoms with Crippen LogP contribution in [-0.2, 0) is 26.1 Å². The van der Waals surface area contributed by atoms with Gasteiger partial charge in [0.25, 0.3) is 0 Å². The molecule has 5 rings (SSSR count). The Hall–Kier alpha value is -2.94. The van der Waals surface area contributed by atoms with Crippen molar-refractivity contribution in [3.8, 4) is 0 Å². The molecule has 2 fully saturated rings. The Balaban J connectivity index is 1.15. The number of nitrogens with one attached hydrogen (secondary N) is 4. The van der Waals surface area contributed by atoms with Crippen molar-refractivity contribution in [2.24, 2.45) is 5.92 Å². The molecule has 8 heteroatoms. The van der Waals surface area contributed by atoms with Crippen molar-refractivity contribution < 1.29 is 19.1 Å². The highest BCUT2D eigenvalue weighted by molar-refractivity contribution is 5.77. The number of unbranched alkanes of at least 4 members (excludes halogenated alkanes) is 4. The van der Waals surface area contributed by atoms with Gasteiger partial charge in [-0.05, 0) is 56.7 Å². The van der Waals surface area contributed by atoms with Gasteiger partial charge in [-0.15, -0.1) is 0 Å². The van der Waals surface area contributed by atoms with E-state index in [4.69, 9.17) is 9.47 Å². The number of fused-ring (bicyclic) bond motifs is 1. The van der Waals surface area contributed by atoms with E-state index in [1.807, 2.05) is 37.3 Å². The lowest BCUT2D eigenvalue weighted by atomic mass is 9.50. The third-order valence-corrected chi connectivity index (χ3v) is 9.76. The molecule has 2 aromatic rings. The molecule has 1 heterocycles. The van der Waals surface area contributed by atoms with Crippen molar-refractivity contribution in [3.63, 3.8) is 0 Å². The predicted molar refractivity (Wildman–Crippen MR) is 169 cm³/mol. The van der Waals surface area contributed by atoms with E-state index in [-0.39, 0.29) is 23.6 Å². The van der Waals surface area contributed by atoms with Crippen molar-refractivity contribution in [1.29, 1.82) is 0 Å². The molecule has 0 spiro atoms. The SMILES string of the molecule is CCOCC(=O)NCCCCCCCNC(=O)OC(N[C@@]12Cc3ccccc3[C@]3(CCCC[C@@H]13)CCN2)c1ccccc1. The summed E-state index contributed by atoms with van der Waals surface area (Å²) < 4.78 is 11.3. The van der Waals surface area contributed by atoms with Crippen LogP contribution in [0.3, 0.4) is 0 Å². The molecule has 2 bridgehead atoms. The highest BCUT2D eigenvalue weighted by atomic mass is 16.6. The zero-order valence-corrected chi connectivity index (χ0v) is 25.8. The molecule has 1 saturated heterocycles. The lowest BCUT2D eigenvalue weighted by molar-refractivity contribution is -0.125. The van der Waals surface area contributed by atoms with Crippen molar-refractivity contribution in [2.45, 2.75) is 94.9 Å². The second kappa shape index (κ2) is 15.2. The maximum absolute atomic E-state index is 13.1. The number of amides is 2. The van der Waals surface area contributed by atoms with E-state index in [2.05, 4.69) is 45.5 Å². The number of alkyl carbamates (subject to hydrolysis) is 1. The predicted octanol–water partition coefficient (Wildman–Crippen LogP) is 5.48. The summed E-state index contributed by atoms with van der Waals surface area (Å²) in [5.74, 6) is 0.381. The van der Waals surface area contributed by atoms with Gasteiger partial charge in [-0.25, -0.2) is 4.79 Å². The second-order valence-electron chi connectivity index (χ2n) is 12.5. The number of piperidine rings is 1. The normalized spacial score (nSPS) is 24.7. The van der Waals surface area contributed by atoms with Gasteiger partial charge in [0.15, 0.2) is 6.23 Å². The van der Waals surface area contributed by atoms with Gasteiger partial charge < -0.3 is 20.1 Å². The largest absolute Gasteiger partial charge is 0.426 e. The first-order valence-electron chi connectivity index (χ1n) is 16.5. The second-order valence-corrected chi connectivity index (χ2v) is 12.5. The summed E-state index contributed by atoms with van der Waals surface area (Å²) in [5.41, 5.74) is 3.73. The van der Waals surface area contributed by atoms with Crippen LogP contribution in [0.25, 0.3) is 0 Å². The quantitative estimate of drug-likeness (QED) is 0.162. The standard InChI is InChI=1S/C35H50N4O4/c1-2-42-26-31(40)36-22-13-4-3-5-14-23-37-33(41)43-32(27-15-7-6-8-16-27)39-35-25-28-17-9-10-18-29(28)34(21-24-38-35)20-12-11-19-30(34)35/h6-10,15-18,30,32,38-39H,2-5,11-14,19-26H2,1H3,(H,36,40)(H,37,41)/t30-,32?,34+,35+/m1/s1. The molecule has 2 aliphatic carbocycles. The van der Waals surface area contributed by atoms with Crippen molar-refractivity contribution in [1.82, 2.24) is 21.3 Å². The van der Waals surface area contributed by atoms with Crippen molar-refractivity contribution >= 4 is 12.0 Å². The summed E-state index contributed by atoms with van der Waals surface area (Å²) >= 11 is 0. The molecule has 0 radical (unpaired) electrons. The number of carbonyl (C=O) groups excluding carboxylic acids is 2. The zero-order valence-electron chi connectivity index (χ0n) is 25.8. The van der Waals surface area contributed by atoms with Gasteiger partial charge in [0.05, 0.1) is 5.66 Å². The molecule has 234 valence electrons. The number of ether oxygens (including phenoxy) is 2. The molecular weight excluding hydrogens is 540 g/mol. The number of benzene rings is 2. The van der Waals surface area contributed by atoms with E-state index in [0.717, 1.165) is 57.1 Å². The topological polar surface area (TPSA) is 101 Å². The summed E-state index contributed by atoms with van der Waals surface area (Å²) in [4.78, 5) is 24.7. The van der Waals surface area contributed by atoms with Gasteiger partial charge in [0.2, 0.25) is 5.91 Å². The molecule has 2 aromatic carbocycles. The van der Waals surface area contributed by atoms with Crippen LogP contribution in [0.5, 0.6) is 0 Å². The molecule has 43 heavy (non-hydrogen) atoms. The fraction of sp³-hybridized carbons (Fsp3) is 0.600. The summed E-state index contributed by atoms with van der Waals surface area (Å²) in [6.45, 7) is 4.76. The average Bonchev–Trinajstić information content (AvgIpc) is 3.03. The third kappa shape index (κ3) is 7.59. The van der Waals surface area contributed by atoms with Gasteiger partial charge in [0, 0.05) is 43.0 Å². The minimum absolute atomic E-state index is 0.0573. The van der Waals surface area contributed by atoms with Crippen LogP contribution in [-0.4, -0.2) is 50.5 Å². The maximum Gasteiger partial charge on any atom is 0.408 e. The Morgan fingerprint density at radius 3 is 2.49 bits per heavy atom. The summed E-state index contributed by atoms with van der Waals surface area (Å²) in [5, 5.41) is 13.7. The highest BCUT2D eigenvalue weighted by Crippen LogP contribution is 2.57. The van der Waals surface area contributed by atoms with Crippen LogP contribution in [0.15, 0.2) is 54.6 Å². The summed E-state index contributed by atoms with van der Waals surface area (Å²) in [7, 11) is 0. The number of hydrogen-bond acceptors (Lipinski definition) is 6. The first-order valence-corrected chi connectivity index (χ1v) is 16.5. The first kappa shape index (κ1) is 31.5. The Bertz CT molecular complexity index is 1190. The van der Waals surface area contributed by atoms with Gasteiger partial charge in [-0.1, -0.05) is 86.7 Å². The van der Waals surface area contributed by atoms with Gasteiger partial charge in [0.1, 0.15) is 6.61 Å². The first-order chi connectivity index (χ1) is 21.1. The van der Waals surface area contributed by atoms with Crippen molar-refractivity contribution in [2.75, 3.05) is 32.8 Å². The van der Waals surface area contributed by atoms with Crippen LogP contribution < -0.4 is 21.3 Å². The summed E-state index contributed by atoms with van der Waals surface area (Å²) in [6, 6.07) is 19.1. The zero-order chi connectivity index (χ0) is 30.0. The van der Waals surface area contributed by atoms with E-state index in [9.17, 15) is 9.59 Å². The van der Waals surface area contributed by atoms with Crippen LogP contribution in [0.4, 0.5) is 4.79 Å². The minimum Gasteiger partial charge on any atom is -0.426 e. The Kier molecular flexibility index (Phi) is 11.1. The van der Waals surface area contributed by atoms with E-state index >= 15 is 0 Å². The number of rotatable bonds is 15. The fourth-order valence-corrected chi connectivity index (χ4v) is 7.83. The molecular formula is C35H50N4O4. The lowest BCUT2D eigenvalue weighted by Gasteiger charge is -2.62. The number of hydrogen-bond donors (Lipinski definition) is 4. The molecule has 1 saturated carbocycles. The van der Waals surface area contributed by atoms with E-state index < -0.39 is 12.3 Å². The molecule has 2 amide bonds. The smallest absolute Gasteiger partial charge is 0.408 e. The van der Waals surface area contributed by atoms with Crippen LogP contribution in [0.2, 0.25) is 0 Å². The van der Waals surface area contributed by atoms with Crippen molar-refractivity contribution in [3.05, 3.63) is 71.3 Å². The van der Waals surface area contributed by atoms with E-state index in [1.165, 1.54) is 31.2 Å². The lowest BCUT2D eigenvalue weighted by Crippen LogP contribution is -2.74. The molecule has 0 aromatic heterocycles. The van der Waals surface area contributed by atoms with E-state index in [1.54, 1.807) is 5.56 Å². The molecule has 4 atom stereocenters. The fourth-order valence-electron chi connectivity index (χ4n) is 7.83. The van der Waals surface area contributed by atoms with E-state index in [0.29, 0.717) is 25.6 Å². The average molecular weight is 591 g/mol. The van der Waals surface area contributed by atoms with Gasteiger partial charge in [-0.2, -0.15) is 0 Å². The molecule has 4 N–H and O–H groups in total. The van der Waals surface area contributed by atoms with Crippen LogP contribution in [0, 0.1) is 5.92 Å². The monoisotopic (exact) mass is 590 g/mol. The van der Waals surface area contributed by atoms with Gasteiger partial charge >= 0.3 is 6.09 Å². The minimum atomic E-state index is -0.561. The molecule has 8 nitrogen and oxygen atoms in total. The van der Waals surface area contributed by atoms with Gasteiger partial charge in [-0.3, -0.25) is 15.4 Å². The Morgan fingerprint density at radius 2 is 1.67 bits per heavy atom. The maximum atomic E-state index is 13.1. The Labute approximate surface area is 257 Å².